The van der Waals surface area contributed by atoms with Crippen LogP contribution < -0.4 is 10.1 Å². The van der Waals surface area contributed by atoms with Crippen molar-refractivity contribution in [3.8, 4) is 5.75 Å². The summed E-state index contributed by atoms with van der Waals surface area (Å²) >= 11 is 0. The lowest BCUT2D eigenvalue weighted by Gasteiger charge is -2.04. The van der Waals surface area contributed by atoms with Crippen molar-refractivity contribution in [1.29, 1.82) is 0 Å². The smallest absolute Gasteiger partial charge is 0.119 e. The first-order valence-electron chi connectivity index (χ1n) is 8.01. The molecule has 122 valence electrons. The van der Waals surface area contributed by atoms with Gasteiger partial charge in [0.1, 0.15) is 5.75 Å². The quantitative estimate of drug-likeness (QED) is 0.595. The third-order valence-corrected chi connectivity index (χ3v) is 3.04. The van der Waals surface area contributed by atoms with E-state index in [0.717, 1.165) is 23.6 Å². The molecule has 0 radical (unpaired) electrons. The van der Waals surface area contributed by atoms with E-state index in [2.05, 4.69) is 31.8 Å². The van der Waals surface area contributed by atoms with Gasteiger partial charge in [0.15, 0.2) is 0 Å². The van der Waals surface area contributed by atoms with Crippen LogP contribution in [-0.2, 0) is 0 Å². The number of ether oxygens (including phenoxy) is 1. The predicted octanol–water partition coefficient (Wildman–Crippen LogP) is 5.99. The molecule has 0 unspecified atom stereocenters. The van der Waals surface area contributed by atoms with Crippen molar-refractivity contribution in [1.82, 2.24) is 0 Å². The zero-order valence-electron chi connectivity index (χ0n) is 14.6. The van der Waals surface area contributed by atoms with Gasteiger partial charge in [0.2, 0.25) is 0 Å². The van der Waals surface area contributed by atoms with E-state index in [0.29, 0.717) is 0 Å². The number of hydrogen-bond acceptors (Lipinski definition) is 2. The molecule has 0 aliphatic heterocycles. The summed E-state index contributed by atoms with van der Waals surface area (Å²) in [6, 6.07) is 7.87. The van der Waals surface area contributed by atoms with Crippen LogP contribution in [0.2, 0.25) is 0 Å². The van der Waals surface area contributed by atoms with E-state index in [1.807, 2.05) is 49.4 Å². The number of methoxy groups -OCH3 is 1. The third-order valence-electron chi connectivity index (χ3n) is 3.04. The Balaban J connectivity index is 0.000000763. The third kappa shape index (κ3) is 10.8. The van der Waals surface area contributed by atoms with Crippen molar-refractivity contribution in [3.63, 3.8) is 0 Å². The van der Waals surface area contributed by atoms with Crippen LogP contribution in [0.1, 0.15) is 40.0 Å². The average Bonchev–Trinajstić information content (AvgIpc) is 2.56. The molecule has 0 spiro atoms. The maximum absolute atomic E-state index is 5.09. The maximum Gasteiger partial charge on any atom is 0.119 e. The first-order valence-corrected chi connectivity index (χ1v) is 8.01. The number of anilines is 1. The van der Waals surface area contributed by atoms with Crippen LogP contribution in [0.15, 0.2) is 60.7 Å². The predicted molar refractivity (Wildman–Crippen MR) is 99.8 cm³/mol. The second-order valence-corrected chi connectivity index (χ2v) is 5.01. The number of benzene rings is 1. The maximum atomic E-state index is 5.09. The molecule has 0 aliphatic rings. The van der Waals surface area contributed by atoms with Crippen LogP contribution in [-0.4, -0.2) is 13.7 Å². The minimum atomic E-state index is 0.799. The number of nitrogens with one attached hydrogen (secondary N) is 1. The Labute approximate surface area is 136 Å². The van der Waals surface area contributed by atoms with Crippen molar-refractivity contribution in [2.24, 2.45) is 0 Å². The zero-order chi connectivity index (χ0) is 16.6. The van der Waals surface area contributed by atoms with Crippen LogP contribution in [0.5, 0.6) is 5.75 Å². The average molecular weight is 301 g/mol. The van der Waals surface area contributed by atoms with Crippen LogP contribution in [0.4, 0.5) is 5.69 Å². The van der Waals surface area contributed by atoms with E-state index < -0.39 is 0 Å². The van der Waals surface area contributed by atoms with E-state index in [9.17, 15) is 0 Å². The van der Waals surface area contributed by atoms with E-state index in [-0.39, 0.29) is 0 Å². The number of rotatable bonds is 8. The molecule has 1 aromatic rings. The fraction of sp³-hybridized carbons (Fsp3) is 0.400. The van der Waals surface area contributed by atoms with E-state index >= 15 is 0 Å². The molecule has 1 aromatic carbocycles. The Morgan fingerprint density at radius 1 is 1.18 bits per heavy atom. The standard InChI is InChI=1S/C15H19NO.C5H12/c1-4-13(2)7-5-6-12-16-14-8-10-15(17-3)11-9-14;1-3-5-4-2/h4-11,16H,1,12H2,2-3H3;3-5H2,1-2H3/b6-5+,13-7-;. The number of allylic oxidation sites excluding steroid dienone is 4. The fourth-order valence-corrected chi connectivity index (χ4v) is 1.60. The van der Waals surface area contributed by atoms with Crippen LogP contribution >= 0.6 is 0 Å². The van der Waals surface area contributed by atoms with E-state index in [1.54, 1.807) is 7.11 Å². The van der Waals surface area contributed by atoms with Crippen molar-refractivity contribution >= 4 is 5.69 Å². The van der Waals surface area contributed by atoms with E-state index in [1.165, 1.54) is 19.3 Å². The molecule has 0 amide bonds. The van der Waals surface area contributed by atoms with Gasteiger partial charge in [-0.1, -0.05) is 69.6 Å². The summed E-state index contributed by atoms with van der Waals surface area (Å²) in [5, 5.41) is 3.29. The Morgan fingerprint density at radius 2 is 1.82 bits per heavy atom. The molecule has 22 heavy (non-hydrogen) atoms. The van der Waals surface area contributed by atoms with Crippen molar-refractivity contribution in [2.45, 2.75) is 40.0 Å². The summed E-state index contributed by atoms with van der Waals surface area (Å²) in [6.07, 6.45) is 12.0. The van der Waals surface area contributed by atoms with Crippen molar-refractivity contribution < 1.29 is 4.74 Å². The Bertz CT molecular complexity index is 441. The molecule has 1 N–H and O–H groups in total. The lowest BCUT2D eigenvalue weighted by Crippen LogP contribution is -1.97. The zero-order valence-corrected chi connectivity index (χ0v) is 14.6. The molecule has 0 saturated heterocycles. The summed E-state index contributed by atoms with van der Waals surface area (Å²) in [6.45, 7) is 10.9. The normalized spacial score (nSPS) is 10.8. The summed E-state index contributed by atoms with van der Waals surface area (Å²) in [5.41, 5.74) is 2.24. The lowest BCUT2D eigenvalue weighted by molar-refractivity contribution is 0.415. The molecule has 2 heteroatoms. The lowest BCUT2D eigenvalue weighted by atomic mass is 10.2. The monoisotopic (exact) mass is 301 g/mol. The molecule has 0 bridgehead atoms. The van der Waals surface area contributed by atoms with Gasteiger partial charge < -0.3 is 10.1 Å². The highest BCUT2D eigenvalue weighted by Crippen LogP contribution is 2.14. The molecule has 0 atom stereocenters. The second kappa shape index (κ2) is 14.0. The topological polar surface area (TPSA) is 21.3 Å². The first-order chi connectivity index (χ1) is 10.7. The molecular formula is C20H31NO. The van der Waals surface area contributed by atoms with Crippen molar-refractivity contribution in [3.05, 3.63) is 60.7 Å². The van der Waals surface area contributed by atoms with Gasteiger partial charge in [0.05, 0.1) is 7.11 Å². The van der Waals surface area contributed by atoms with Crippen LogP contribution in [0.25, 0.3) is 0 Å². The first kappa shape index (κ1) is 20.0. The highest BCUT2D eigenvalue weighted by atomic mass is 16.5. The second-order valence-electron chi connectivity index (χ2n) is 5.01. The molecule has 2 nitrogen and oxygen atoms in total. The van der Waals surface area contributed by atoms with Gasteiger partial charge in [-0.3, -0.25) is 0 Å². The summed E-state index contributed by atoms with van der Waals surface area (Å²) in [7, 11) is 1.67. The molecule has 1 rings (SSSR count). The van der Waals surface area contributed by atoms with Gasteiger partial charge in [-0.15, -0.1) is 0 Å². The van der Waals surface area contributed by atoms with Gasteiger partial charge in [0, 0.05) is 12.2 Å². The molecule has 0 fully saturated rings. The van der Waals surface area contributed by atoms with Gasteiger partial charge in [0.25, 0.3) is 0 Å². The summed E-state index contributed by atoms with van der Waals surface area (Å²) < 4.78 is 5.09. The summed E-state index contributed by atoms with van der Waals surface area (Å²) in [4.78, 5) is 0. The number of unbranched alkanes of at least 4 members (excludes halogenated alkanes) is 2. The molecular weight excluding hydrogens is 270 g/mol. The number of hydrogen-bond donors (Lipinski definition) is 1. The van der Waals surface area contributed by atoms with E-state index in [4.69, 9.17) is 4.74 Å². The largest absolute Gasteiger partial charge is 0.497 e. The molecule has 0 heterocycles. The highest BCUT2D eigenvalue weighted by Gasteiger charge is 1.91. The van der Waals surface area contributed by atoms with Gasteiger partial charge in [-0.25, -0.2) is 0 Å². The Morgan fingerprint density at radius 3 is 2.27 bits per heavy atom. The van der Waals surface area contributed by atoms with Crippen molar-refractivity contribution in [2.75, 3.05) is 19.0 Å². The van der Waals surface area contributed by atoms with Crippen LogP contribution in [0, 0.1) is 0 Å². The van der Waals surface area contributed by atoms with Crippen LogP contribution in [0.3, 0.4) is 0 Å². The summed E-state index contributed by atoms with van der Waals surface area (Å²) in [5.74, 6) is 0.871. The van der Waals surface area contributed by atoms with Gasteiger partial charge in [-0.05, 0) is 31.2 Å². The Hall–Kier alpha value is -1.96. The SMILES string of the molecule is C=C/C(C)=C\C=C\CNc1ccc(OC)cc1.CCCCC. The van der Waals surface area contributed by atoms with Gasteiger partial charge >= 0.3 is 0 Å². The minimum Gasteiger partial charge on any atom is -0.497 e. The molecule has 0 saturated carbocycles. The van der Waals surface area contributed by atoms with Gasteiger partial charge in [-0.2, -0.15) is 0 Å². The highest BCUT2D eigenvalue weighted by molar-refractivity contribution is 5.46. The molecule has 0 aromatic heterocycles. The fourth-order valence-electron chi connectivity index (χ4n) is 1.60. The Kier molecular flexibility index (Phi) is 12.8. The minimum absolute atomic E-state index is 0.799. The molecule has 0 aliphatic carbocycles.